The predicted molar refractivity (Wildman–Crippen MR) is 76.0 cm³/mol. The molecule has 3 aliphatic rings. The maximum atomic E-state index is 12.5. The molecule has 0 aromatic rings. The van der Waals surface area contributed by atoms with Crippen LogP contribution in [0.3, 0.4) is 0 Å². The lowest BCUT2D eigenvalue weighted by Crippen LogP contribution is -2.60. The van der Waals surface area contributed by atoms with Crippen molar-refractivity contribution in [3.63, 3.8) is 0 Å². The molecule has 4 nitrogen and oxygen atoms in total. The number of likely N-dealkylation sites (tertiary alicyclic amines) is 1. The molecular formula is C15H27N3O. The molecule has 2 aliphatic heterocycles. The summed E-state index contributed by atoms with van der Waals surface area (Å²) < 4.78 is 0. The molecule has 4 heteroatoms. The molecule has 3 rings (SSSR count). The van der Waals surface area contributed by atoms with E-state index in [0.717, 1.165) is 52.0 Å². The number of hydrogen-bond donors (Lipinski definition) is 1. The van der Waals surface area contributed by atoms with Crippen LogP contribution in [0.15, 0.2) is 0 Å². The van der Waals surface area contributed by atoms with Gasteiger partial charge in [-0.1, -0.05) is 0 Å². The van der Waals surface area contributed by atoms with Crippen LogP contribution in [0.25, 0.3) is 0 Å². The molecule has 1 amide bonds. The van der Waals surface area contributed by atoms with Crippen LogP contribution in [0.4, 0.5) is 0 Å². The second-order valence-electron chi connectivity index (χ2n) is 7.01. The minimum Gasteiger partial charge on any atom is -0.336 e. The number of amides is 1. The summed E-state index contributed by atoms with van der Waals surface area (Å²) in [4.78, 5) is 17.3. The van der Waals surface area contributed by atoms with Crippen molar-refractivity contribution < 1.29 is 4.79 Å². The summed E-state index contributed by atoms with van der Waals surface area (Å²) in [5, 5.41) is 3.41. The Bertz CT molecular complexity index is 345. The fourth-order valence-electron chi connectivity index (χ4n) is 3.49. The van der Waals surface area contributed by atoms with E-state index in [1.165, 1.54) is 6.42 Å². The van der Waals surface area contributed by atoms with Crippen molar-refractivity contribution in [2.75, 3.05) is 32.7 Å². The molecule has 0 aromatic carbocycles. The molecule has 1 atom stereocenters. The first-order valence-corrected chi connectivity index (χ1v) is 7.84. The molecule has 0 bridgehead atoms. The summed E-state index contributed by atoms with van der Waals surface area (Å²) in [5.41, 5.74) is 0.0597. The zero-order valence-electron chi connectivity index (χ0n) is 12.3. The second kappa shape index (κ2) is 5.06. The molecule has 19 heavy (non-hydrogen) atoms. The molecule has 0 aromatic heterocycles. The highest BCUT2D eigenvalue weighted by Gasteiger charge is 2.43. The lowest BCUT2D eigenvalue weighted by Gasteiger charge is -2.49. The van der Waals surface area contributed by atoms with E-state index in [1.54, 1.807) is 0 Å². The van der Waals surface area contributed by atoms with Crippen LogP contribution in [0.2, 0.25) is 0 Å². The van der Waals surface area contributed by atoms with Crippen LogP contribution in [0, 0.1) is 5.92 Å². The van der Waals surface area contributed by atoms with Gasteiger partial charge in [0.05, 0.1) is 0 Å². The molecule has 0 radical (unpaired) electrons. The van der Waals surface area contributed by atoms with Gasteiger partial charge in [-0.05, 0) is 39.5 Å². The summed E-state index contributed by atoms with van der Waals surface area (Å²) in [6.07, 6.45) is 4.61. The van der Waals surface area contributed by atoms with Gasteiger partial charge >= 0.3 is 0 Å². The lowest BCUT2D eigenvalue weighted by atomic mass is 9.86. The van der Waals surface area contributed by atoms with E-state index in [1.807, 2.05) is 0 Å². The monoisotopic (exact) mass is 265 g/mol. The van der Waals surface area contributed by atoms with E-state index in [4.69, 9.17) is 0 Å². The zero-order valence-corrected chi connectivity index (χ0v) is 12.3. The summed E-state index contributed by atoms with van der Waals surface area (Å²) >= 11 is 0. The Hall–Kier alpha value is -0.610. The highest BCUT2D eigenvalue weighted by atomic mass is 16.2. The predicted octanol–water partition coefficient (Wildman–Crippen LogP) is 1.07. The third-order valence-corrected chi connectivity index (χ3v) is 5.07. The molecule has 1 saturated carbocycles. The Morgan fingerprint density at radius 1 is 1.16 bits per heavy atom. The number of nitrogens with one attached hydrogen (secondary N) is 1. The largest absolute Gasteiger partial charge is 0.336 e. The van der Waals surface area contributed by atoms with Gasteiger partial charge in [-0.3, -0.25) is 9.69 Å². The SMILES string of the molecule is CC1(C)CCC(N2CCNCC2)CN1C(=O)C1CC1. The first-order valence-electron chi connectivity index (χ1n) is 7.84. The van der Waals surface area contributed by atoms with Crippen molar-refractivity contribution in [1.82, 2.24) is 15.1 Å². The molecular weight excluding hydrogens is 238 g/mol. The highest BCUT2D eigenvalue weighted by molar-refractivity contribution is 5.81. The fraction of sp³-hybridized carbons (Fsp3) is 0.933. The number of hydrogen-bond acceptors (Lipinski definition) is 3. The number of carbonyl (C=O) groups is 1. The van der Waals surface area contributed by atoms with Crippen molar-refractivity contribution in [2.24, 2.45) is 5.92 Å². The second-order valence-corrected chi connectivity index (χ2v) is 7.01. The summed E-state index contributed by atoms with van der Waals surface area (Å²) in [5.74, 6) is 0.769. The molecule has 1 N–H and O–H groups in total. The van der Waals surface area contributed by atoms with E-state index in [0.29, 0.717) is 17.9 Å². The van der Waals surface area contributed by atoms with Crippen molar-refractivity contribution in [3.8, 4) is 0 Å². The molecule has 2 heterocycles. The normalized spacial score (nSPS) is 32.3. The van der Waals surface area contributed by atoms with Crippen LogP contribution < -0.4 is 5.32 Å². The molecule has 3 fully saturated rings. The van der Waals surface area contributed by atoms with Gasteiger partial charge in [-0.15, -0.1) is 0 Å². The van der Waals surface area contributed by atoms with Gasteiger partial charge in [0.2, 0.25) is 5.91 Å². The number of carbonyl (C=O) groups excluding carboxylic acids is 1. The Kier molecular flexibility index (Phi) is 3.56. The summed E-state index contributed by atoms with van der Waals surface area (Å²) in [6.45, 7) is 9.88. The van der Waals surface area contributed by atoms with Gasteiger partial charge in [-0.2, -0.15) is 0 Å². The van der Waals surface area contributed by atoms with E-state index in [2.05, 4.69) is 29.0 Å². The van der Waals surface area contributed by atoms with Crippen LogP contribution >= 0.6 is 0 Å². The van der Waals surface area contributed by atoms with Crippen LogP contribution in [-0.4, -0.2) is 60.0 Å². The Balaban J connectivity index is 1.67. The standard InChI is InChI=1S/C15H27N3O/c1-15(2)6-5-13(17-9-7-16-8-10-17)11-18(15)14(19)12-3-4-12/h12-13,16H,3-11H2,1-2H3. The van der Waals surface area contributed by atoms with E-state index < -0.39 is 0 Å². The Labute approximate surface area is 116 Å². The van der Waals surface area contributed by atoms with Crippen LogP contribution in [-0.2, 0) is 4.79 Å². The third kappa shape index (κ3) is 2.79. The smallest absolute Gasteiger partial charge is 0.226 e. The number of piperidine rings is 1. The average molecular weight is 265 g/mol. The summed E-state index contributed by atoms with van der Waals surface area (Å²) in [7, 11) is 0. The minimum absolute atomic E-state index is 0.0597. The first kappa shape index (κ1) is 13.4. The fourth-order valence-corrected chi connectivity index (χ4v) is 3.49. The van der Waals surface area contributed by atoms with Crippen molar-refractivity contribution in [3.05, 3.63) is 0 Å². The van der Waals surface area contributed by atoms with Crippen LogP contribution in [0.5, 0.6) is 0 Å². The lowest BCUT2D eigenvalue weighted by molar-refractivity contribution is -0.142. The molecule has 1 aliphatic carbocycles. The van der Waals surface area contributed by atoms with E-state index >= 15 is 0 Å². The topological polar surface area (TPSA) is 35.6 Å². The molecule has 1 unspecified atom stereocenters. The Morgan fingerprint density at radius 3 is 2.47 bits per heavy atom. The summed E-state index contributed by atoms with van der Waals surface area (Å²) in [6, 6.07) is 0.581. The van der Waals surface area contributed by atoms with Crippen molar-refractivity contribution >= 4 is 5.91 Å². The molecule has 0 spiro atoms. The maximum Gasteiger partial charge on any atom is 0.226 e. The number of nitrogens with zero attached hydrogens (tertiary/aromatic N) is 2. The molecule has 108 valence electrons. The van der Waals surface area contributed by atoms with Gasteiger partial charge in [0.15, 0.2) is 0 Å². The number of rotatable bonds is 2. The third-order valence-electron chi connectivity index (χ3n) is 5.07. The van der Waals surface area contributed by atoms with Crippen molar-refractivity contribution in [2.45, 2.75) is 51.1 Å². The average Bonchev–Trinajstić information content (AvgIpc) is 3.23. The first-order chi connectivity index (χ1) is 9.08. The van der Waals surface area contributed by atoms with Crippen LogP contribution in [0.1, 0.15) is 39.5 Å². The minimum atomic E-state index is 0.0597. The number of piperazine rings is 1. The van der Waals surface area contributed by atoms with Gasteiger partial charge < -0.3 is 10.2 Å². The quantitative estimate of drug-likeness (QED) is 0.811. The van der Waals surface area contributed by atoms with Gasteiger partial charge in [0.25, 0.3) is 0 Å². The van der Waals surface area contributed by atoms with E-state index in [-0.39, 0.29) is 5.54 Å². The Morgan fingerprint density at radius 2 is 1.84 bits per heavy atom. The van der Waals surface area contributed by atoms with Crippen molar-refractivity contribution in [1.29, 1.82) is 0 Å². The molecule has 2 saturated heterocycles. The highest BCUT2D eigenvalue weighted by Crippen LogP contribution is 2.37. The van der Waals surface area contributed by atoms with Gasteiger partial charge in [0.1, 0.15) is 0 Å². The van der Waals surface area contributed by atoms with Gasteiger partial charge in [-0.25, -0.2) is 0 Å². The van der Waals surface area contributed by atoms with E-state index in [9.17, 15) is 4.79 Å². The van der Waals surface area contributed by atoms with Gasteiger partial charge in [0, 0.05) is 50.2 Å². The zero-order chi connectivity index (χ0) is 13.5. The maximum absolute atomic E-state index is 12.5.